The third kappa shape index (κ3) is 23.4. The number of halogens is 1. The molecule has 6 aromatic carbocycles. The van der Waals surface area contributed by atoms with Crippen molar-refractivity contribution in [1.82, 2.24) is 24.0 Å². The van der Waals surface area contributed by atoms with Crippen molar-refractivity contribution < 1.29 is 4.74 Å². The molecule has 0 unspecified atom stereocenters. The monoisotopic (exact) mass is 1120 g/mol. The van der Waals surface area contributed by atoms with Crippen LogP contribution in [0.25, 0.3) is 0 Å². The summed E-state index contributed by atoms with van der Waals surface area (Å²) < 4.78 is 15.6. The molecule has 4 N–H and O–H groups in total. The van der Waals surface area contributed by atoms with Crippen LogP contribution >= 0.6 is 53.1 Å². The van der Waals surface area contributed by atoms with Gasteiger partial charge in [0.2, 0.25) is 0 Å². The number of benzene rings is 6. The lowest BCUT2D eigenvalue weighted by molar-refractivity contribution is 0.198. The molecule has 3 fully saturated rings. The van der Waals surface area contributed by atoms with Gasteiger partial charge < -0.3 is 21.1 Å². The lowest BCUT2D eigenvalue weighted by atomic mass is 10.1. The van der Waals surface area contributed by atoms with E-state index in [0.717, 1.165) is 85.2 Å². The lowest BCUT2D eigenvalue weighted by Crippen LogP contribution is -2.30. The third-order valence-corrected chi connectivity index (χ3v) is 18.2. The van der Waals surface area contributed by atoms with Gasteiger partial charge in [0, 0.05) is 98.8 Å². The van der Waals surface area contributed by atoms with E-state index in [0.29, 0.717) is 41.7 Å². The van der Waals surface area contributed by atoms with Gasteiger partial charge in [-0.15, -0.1) is 11.6 Å². The van der Waals surface area contributed by atoms with E-state index in [1.165, 1.54) is 35.1 Å². The molecule has 0 amide bonds. The summed E-state index contributed by atoms with van der Waals surface area (Å²) in [4.78, 5) is 3.77. The highest BCUT2D eigenvalue weighted by atomic mass is 35.5. The van der Waals surface area contributed by atoms with E-state index in [-0.39, 0.29) is 14.9 Å². The van der Waals surface area contributed by atoms with E-state index in [2.05, 4.69) is 201 Å². The van der Waals surface area contributed by atoms with E-state index in [9.17, 15) is 0 Å². The predicted octanol–water partition coefficient (Wildman–Crippen LogP) is 16.5. The summed E-state index contributed by atoms with van der Waals surface area (Å²) >= 11 is 15.1. The molecule has 9 nitrogen and oxygen atoms in total. The van der Waals surface area contributed by atoms with Crippen LogP contribution in [-0.2, 0) is 4.74 Å². The number of aliphatic imine (C=N–C) groups is 1. The normalized spacial score (nSPS) is 16.0. The second kappa shape index (κ2) is 39.1. The fraction of sp³-hybridized carbons (Fsp3) is 0.387. The molecule has 3 heterocycles. The standard InChI is InChI=1S/C28H35N4PS.C18H23N2P.C7H5NS.C4H8O.C3H8ClN.2CH4/c1-23(25-13-6-3-7-14-25)31-20-21-32(24(2)26-15-8-4-9-16-26)33(31)22-12-19-29-28(34)30-27-17-10-5-11-18-27;1-15(17-9-5-3-6-10-17)19-13-14-20(21-19)16(2)18-11-7-4-8-12-18;9-6-8-7-4-2-1-3-5-7;1-2-4-5-3-1;4-2-1-3-5;;/h3-11,13-18,23-24H,12,19-22H2,1-2H3,(H2,29,30,34);3-12,15-16,21H,13-14H2,1-2H3;1-5H;1-4H2;1-3,5H2;2*1H4/t23-,24-;15-,16-;;;;;/m00...../s1. The molecule has 410 valence electrons. The fourth-order valence-corrected chi connectivity index (χ4v) is 13.4. The van der Waals surface area contributed by atoms with Crippen molar-refractivity contribution in [3.8, 4) is 0 Å². The highest BCUT2D eigenvalue weighted by Gasteiger charge is 2.38. The van der Waals surface area contributed by atoms with Crippen LogP contribution in [0.1, 0.15) is 115 Å². The average Bonchev–Trinajstić information content (AvgIpc) is 4.29. The number of nitrogens with zero attached hydrogens (tertiary/aromatic N) is 5. The van der Waals surface area contributed by atoms with Crippen LogP contribution in [0.5, 0.6) is 0 Å². The zero-order valence-electron chi connectivity index (χ0n) is 43.9. The number of isothiocyanates is 1. The molecule has 3 saturated heterocycles. The van der Waals surface area contributed by atoms with Crippen molar-refractivity contribution in [3.05, 3.63) is 204 Å². The summed E-state index contributed by atoms with van der Waals surface area (Å²) in [7, 11) is 0.355. The Kier molecular flexibility index (Phi) is 34.0. The fourth-order valence-electron chi connectivity index (χ4n) is 8.56. The number of alkyl halides is 1. The smallest absolute Gasteiger partial charge is 0.170 e. The first-order valence-electron chi connectivity index (χ1n) is 26.1. The van der Waals surface area contributed by atoms with Gasteiger partial charge >= 0.3 is 0 Å². The van der Waals surface area contributed by atoms with Gasteiger partial charge in [-0.25, -0.2) is 0 Å². The van der Waals surface area contributed by atoms with Crippen LogP contribution in [0.2, 0.25) is 0 Å². The molecule has 3 aliphatic heterocycles. The zero-order valence-corrected chi connectivity index (χ0v) is 48.2. The number of para-hydroxylation sites is 2. The van der Waals surface area contributed by atoms with Crippen molar-refractivity contribution in [2.45, 2.75) is 92.4 Å². The van der Waals surface area contributed by atoms with Gasteiger partial charge in [0.15, 0.2) is 5.11 Å². The Morgan fingerprint density at radius 1 is 0.618 bits per heavy atom. The maximum Gasteiger partial charge on any atom is 0.170 e. The molecule has 0 radical (unpaired) electrons. The molecule has 0 bridgehead atoms. The maximum absolute atomic E-state index is 5.50. The van der Waals surface area contributed by atoms with Crippen LogP contribution in [0, 0.1) is 0 Å². The lowest BCUT2D eigenvalue weighted by Gasteiger charge is -2.37. The van der Waals surface area contributed by atoms with Gasteiger partial charge in [-0.3, -0.25) is 18.7 Å². The van der Waals surface area contributed by atoms with E-state index in [4.69, 9.17) is 34.3 Å². The second-order valence-electron chi connectivity index (χ2n) is 18.0. The van der Waals surface area contributed by atoms with Crippen molar-refractivity contribution in [2.75, 3.05) is 69.8 Å². The van der Waals surface area contributed by atoms with E-state index in [1.54, 1.807) is 0 Å². The topological polar surface area (TPSA) is 84.6 Å². The average molecular weight is 1120 g/mol. The van der Waals surface area contributed by atoms with Crippen LogP contribution in [0.15, 0.2) is 187 Å². The maximum atomic E-state index is 5.50. The van der Waals surface area contributed by atoms with Gasteiger partial charge in [0.25, 0.3) is 0 Å². The minimum absolute atomic E-state index is 0. The van der Waals surface area contributed by atoms with Crippen molar-refractivity contribution >= 4 is 74.8 Å². The van der Waals surface area contributed by atoms with E-state index >= 15 is 0 Å². The molecule has 0 aliphatic carbocycles. The minimum atomic E-state index is -0.414. The summed E-state index contributed by atoms with van der Waals surface area (Å²) in [5.41, 5.74) is 12.6. The molecular weight excluding hydrogens is 1030 g/mol. The molecule has 0 spiro atoms. The zero-order chi connectivity index (χ0) is 52.6. The number of thiocarbonyl (C=S) groups is 2. The Bertz CT molecular complexity index is 2320. The van der Waals surface area contributed by atoms with Crippen LogP contribution in [0.4, 0.5) is 11.4 Å². The number of hydrogen-bond donors (Lipinski definition) is 3. The largest absolute Gasteiger partial charge is 0.381 e. The summed E-state index contributed by atoms with van der Waals surface area (Å²) in [5, 5.41) is 9.65. The minimum Gasteiger partial charge on any atom is -0.381 e. The summed E-state index contributed by atoms with van der Waals surface area (Å²) in [6, 6.07) is 64.9. The summed E-state index contributed by atoms with van der Waals surface area (Å²) in [6.45, 7) is 17.5. The van der Waals surface area contributed by atoms with Gasteiger partial charge in [0.05, 0.1) is 10.8 Å². The first-order valence-corrected chi connectivity index (χ1v) is 29.8. The van der Waals surface area contributed by atoms with Gasteiger partial charge in [0.1, 0.15) is 0 Å². The molecule has 3 aliphatic rings. The number of rotatable bonds is 16. The highest BCUT2D eigenvalue weighted by Crippen LogP contribution is 2.56. The summed E-state index contributed by atoms with van der Waals surface area (Å²) in [5.74, 6) is 0.691. The number of nitrogens with one attached hydrogen (secondary N) is 2. The van der Waals surface area contributed by atoms with E-state index < -0.39 is 8.22 Å². The molecule has 6 aromatic rings. The number of ether oxygens (including phenoxy) is 1. The van der Waals surface area contributed by atoms with Gasteiger partial charge in [-0.05, 0) is 137 Å². The highest BCUT2D eigenvalue weighted by molar-refractivity contribution is 7.80. The molecule has 0 aromatic heterocycles. The number of anilines is 1. The number of nitrogens with two attached hydrogens (primary N) is 1. The van der Waals surface area contributed by atoms with Crippen LogP contribution in [0.3, 0.4) is 0 Å². The van der Waals surface area contributed by atoms with Gasteiger partial charge in [-0.1, -0.05) is 173 Å². The van der Waals surface area contributed by atoms with Crippen molar-refractivity contribution in [2.24, 2.45) is 10.7 Å². The Balaban J connectivity index is 0.000000304. The summed E-state index contributed by atoms with van der Waals surface area (Å²) in [6.07, 6.45) is 5.73. The second-order valence-corrected chi connectivity index (χ2v) is 22.6. The molecule has 4 atom stereocenters. The van der Waals surface area contributed by atoms with Crippen LogP contribution in [-0.4, -0.2) is 93.5 Å². The Labute approximate surface area is 477 Å². The Morgan fingerprint density at radius 2 is 1.01 bits per heavy atom. The Hall–Kier alpha value is -4.28. The molecule has 76 heavy (non-hydrogen) atoms. The van der Waals surface area contributed by atoms with Crippen molar-refractivity contribution in [3.63, 3.8) is 0 Å². The first-order chi connectivity index (χ1) is 36.2. The molecule has 9 rings (SSSR count). The third-order valence-electron chi connectivity index (χ3n) is 12.9. The Morgan fingerprint density at radius 3 is 1.37 bits per heavy atom. The van der Waals surface area contributed by atoms with E-state index in [1.807, 2.05) is 60.7 Å². The molecular formula is C62H87ClN8OP2S2. The molecule has 14 heteroatoms. The van der Waals surface area contributed by atoms with Crippen molar-refractivity contribution in [1.29, 1.82) is 0 Å². The molecule has 0 saturated carbocycles. The van der Waals surface area contributed by atoms with Crippen LogP contribution < -0.4 is 16.4 Å². The number of hydrogen-bond acceptors (Lipinski definition) is 9. The quantitative estimate of drug-likeness (QED) is 0.0287. The predicted molar refractivity (Wildman–Crippen MR) is 341 cm³/mol. The SMILES string of the molecule is C.C.C1CCOC1.C[C@@H](c1ccccc1)N1CCN([C@@H](C)c2ccccc2)P1.C[C@@H](c1ccccc1)N1CCN([C@@H](C)c2ccccc2)P1CCCNC(=S)Nc1ccccc1.NCCCCl.S=C=Nc1ccccc1. The first kappa shape index (κ1) is 66.0. The van der Waals surface area contributed by atoms with Gasteiger partial charge in [-0.2, -0.15) is 4.99 Å².